The van der Waals surface area contributed by atoms with E-state index in [0.29, 0.717) is 48.4 Å². The number of pyridine rings is 1. The van der Waals surface area contributed by atoms with Crippen LogP contribution >= 0.6 is 11.6 Å². The summed E-state index contributed by atoms with van der Waals surface area (Å²) in [4.78, 5) is 15.9. The van der Waals surface area contributed by atoms with Crippen LogP contribution in [0.15, 0.2) is 35.5 Å². The van der Waals surface area contributed by atoms with Gasteiger partial charge in [0.1, 0.15) is 5.60 Å². The number of nitrogens with one attached hydrogen (secondary N) is 2. The van der Waals surface area contributed by atoms with Gasteiger partial charge < -0.3 is 15.4 Å². The van der Waals surface area contributed by atoms with E-state index in [1.807, 2.05) is 20.8 Å². The molecule has 1 aliphatic rings. The number of aromatic nitrogens is 1. The molecule has 2 aromatic rings. The Kier molecular flexibility index (Phi) is 7.41. The number of halogens is 1. The first-order valence-corrected chi connectivity index (χ1v) is 12.1. The first-order valence-electron chi connectivity index (χ1n) is 10.3. The van der Waals surface area contributed by atoms with Gasteiger partial charge in [0.15, 0.2) is 0 Å². The Morgan fingerprint density at radius 2 is 2.06 bits per heavy atom. The Bertz CT molecular complexity index is 1030. The van der Waals surface area contributed by atoms with Gasteiger partial charge in [-0.1, -0.05) is 23.7 Å². The third-order valence-corrected chi connectivity index (χ3v) is 7.12. The number of fused-ring (bicyclic) bond motifs is 1. The molecule has 1 fully saturated rings. The van der Waals surface area contributed by atoms with Crippen LogP contribution in [0.5, 0.6) is 0 Å². The number of amides is 1. The Labute approximate surface area is 188 Å². The SMILES string of the molecule is CC(C)(C)OC(=O)NCCCN[C@H]1CCN(S(=O)(=O)c2cccc3cncc(Cl)c23)C1. The molecule has 0 bridgehead atoms. The van der Waals surface area contributed by atoms with Gasteiger partial charge in [-0.15, -0.1) is 0 Å². The van der Waals surface area contributed by atoms with Crippen LogP contribution in [-0.4, -0.2) is 61.6 Å². The maximum atomic E-state index is 13.3. The summed E-state index contributed by atoms with van der Waals surface area (Å²) in [6.45, 7) is 7.43. The van der Waals surface area contributed by atoms with Gasteiger partial charge in [0.25, 0.3) is 0 Å². The summed E-state index contributed by atoms with van der Waals surface area (Å²) in [6.07, 6.45) is 4.07. The zero-order valence-electron chi connectivity index (χ0n) is 18.0. The van der Waals surface area contributed by atoms with Crippen molar-refractivity contribution in [2.24, 2.45) is 0 Å². The summed E-state index contributed by atoms with van der Waals surface area (Å²) in [7, 11) is -3.68. The fourth-order valence-corrected chi connectivity index (χ4v) is 5.58. The summed E-state index contributed by atoms with van der Waals surface area (Å²) in [6, 6.07) is 5.15. The lowest BCUT2D eigenvalue weighted by atomic mass is 10.2. The molecule has 170 valence electrons. The predicted octanol–water partition coefficient (Wildman–Crippen LogP) is 3.16. The van der Waals surface area contributed by atoms with Crippen LogP contribution in [0, 0.1) is 0 Å². The molecule has 0 spiro atoms. The summed E-state index contributed by atoms with van der Waals surface area (Å²) in [5.74, 6) is 0. The van der Waals surface area contributed by atoms with Gasteiger partial charge in [-0.3, -0.25) is 4.98 Å². The molecule has 0 radical (unpaired) electrons. The van der Waals surface area contributed by atoms with E-state index in [1.54, 1.807) is 24.4 Å². The number of hydrogen-bond acceptors (Lipinski definition) is 6. The minimum absolute atomic E-state index is 0.0587. The maximum absolute atomic E-state index is 13.3. The van der Waals surface area contributed by atoms with Crippen molar-refractivity contribution in [1.29, 1.82) is 0 Å². The fraction of sp³-hybridized carbons (Fsp3) is 0.524. The van der Waals surface area contributed by atoms with Crippen molar-refractivity contribution >= 4 is 38.5 Å². The lowest BCUT2D eigenvalue weighted by molar-refractivity contribution is 0.0527. The van der Waals surface area contributed by atoms with Crippen LogP contribution < -0.4 is 10.6 Å². The van der Waals surface area contributed by atoms with Gasteiger partial charge in [-0.05, 0) is 46.2 Å². The lowest BCUT2D eigenvalue weighted by Crippen LogP contribution is -2.37. The van der Waals surface area contributed by atoms with Crippen molar-refractivity contribution in [3.63, 3.8) is 0 Å². The second-order valence-electron chi connectivity index (χ2n) is 8.56. The summed E-state index contributed by atoms with van der Waals surface area (Å²) >= 11 is 6.26. The molecule has 31 heavy (non-hydrogen) atoms. The fourth-order valence-electron chi connectivity index (χ4n) is 3.53. The van der Waals surface area contributed by atoms with E-state index in [0.717, 1.165) is 6.42 Å². The smallest absolute Gasteiger partial charge is 0.407 e. The number of rotatable bonds is 7. The summed E-state index contributed by atoms with van der Waals surface area (Å²) in [5.41, 5.74) is -0.522. The summed E-state index contributed by atoms with van der Waals surface area (Å²) in [5, 5.41) is 7.61. The van der Waals surface area contributed by atoms with Crippen LogP contribution in [0.3, 0.4) is 0 Å². The van der Waals surface area contributed by atoms with Gasteiger partial charge >= 0.3 is 6.09 Å². The molecule has 1 saturated heterocycles. The van der Waals surface area contributed by atoms with Crippen LogP contribution in [0.1, 0.15) is 33.6 Å². The molecule has 3 rings (SSSR count). The Balaban J connectivity index is 1.53. The molecule has 1 atom stereocenters. The molecule has 1 aromatic carbocycles. The van der Waals surface area contributed by atoms with Crippen molar-refractivity contribution in [2.75, 3.05) is 26.2 Å². The monoisotopic (exact) mass is 468 g/mol. The molecule has 2 heterocycles. The minimum Gasteiger partial charge on any atom is -0.444 e. The number of carbonyl (C=O) groups is 1. The van der Waals surface area contributed by atoms with Crippen molar-refractivity contribution in [1.82, 2.24) is 19.9 Å². The molecule has 0 aliphatic carbocycles. The van der Waals surface area contributed by atoms with Crippen molar-refractivity contribution in [3.8, 4) is 0 Å². The summed E-state index contributed by atoms with van der Waals surface area (Å²) < 4.78 is 33.2. The topological polar surface area (TPSA) is 101 Å². The molecule has 1 aromatic heterocycles. The zero-order valence-corrected chi connectivity index (χ0v) is 19.6. The first kappa shape index (κ1) is 23.7. The minimum atomic E-state index is -3.68. The van der Waals surface area contributed by atoms with Gasteiger partial charge in [0.2, 0.25) is 10.0 Å². The highest BCUT2D eigenvalue weighted by Crippen LogP contribution is 2.32. The maximum Gasteiger partial charge on any atom is 0.407 e. The average molecular weight is 469 g/mol. The highest BCUT2D eigenvalue weighted by molar-refractivity contribution is 7.89. The van der Waals surface area contributed by atoms with Crippen LogP contribution in [0.4, 0.5) is 4.79 Å². The van der Waals surface area contributed by atoms with Crippen molar-refractivity contribution < 1.29 is 17.9 Å². The molecule has 0 saturated carbocycles. The molecular formula is C21H29ClN4O4S. The normalized spacial score (nSPS) is 17.7. The van der Waals surface area contributed by atoms with E-state index in [1.165, 1.54) is 10.5 Å². The van der Waals surface area contributed by atoms with Crippen molar-refractivity contribution in [3.05, 3.63) is 35.6 Å². The second-order valence-corrected chi connectivity index (χ2v) is 10.9. The molecule has 2 N–H and O–H groups in total. The van der Waals surface area contributed by atoms with Gasteiger partial charge in [-0.25, -0.2) is 13.2 Å². The lowest BCUT2D eigenvalue weighted by Gasteiger charge is -2.20. The second kappa shape index (κ2) is 9.68. The Morgan fingerprint density at radius 1 is 1.29 bits per heavy atom. The standard InChI is InChI=1S/C21H29ClN4O4S/c1-21(2,3)30-20(27)25-10-5-9-24-16-8-11-26(14-16)31(28,29)18-7-4-6-15-12-23-13-17(22)19(15)18/h4,6-7,12-13,16,24H,5,8-11,14H2,1-3H3,(H,25,27)/t16-/m0/s1. The number of ether oxygens (including phenoxy) is 1. The predicted molar refractivity (Wildman–Crippen MR) is 121 cm³/mol. The quantitative estimate of drug-likeness (QED) is 0.605. The third-order valence-electron chi connectivity index (χ3n) is 4.92. The number of benzene rings is 1. The molecule has 8 nitrogen and oxygen atoms in total. The van der Waals surface area contributed by atoms with Crippen LogP contribution in [-0.2, 0) is 14.8 Å². The third kappa shape index (κ3) is 6.06. The molecule has 0 unspecified atom stereocenters. The molecular weight excluding hydrogens is 440 g/mol. The molecule has 1 aliphatic heterocycles. The number of alkyl carbamates (subject to hydrolysis) is 1. The van der Waals surface area contributed by atoms with Crippen molar-refractivity contribution in [2.45, 2.75) is 50.2 Å². The van der Waals surface area contributed by atoms with E-state index in [4.69, 9.17) is 16.3 Å². The number of nitrogens with zero attached hydrogens (tertiary/aromatic N) is 2. The van der Waals surface area contributed by atoms with Gasteiger partial charge in [-0.2, -0.15) is 4.31 Å². The van der Waals surface area contributed by atoms with E-state index < -0.39 is 21.7 Å². The molecule has 10 heteroatoms. The van der Waals surface area contributed by atoms with Gasteiger partial charge in [0, 0.05) is 48.8 Å². The van der Waals surface area contributed by atoms with E-state index in [9.17, 15) is 13.2 Å². The Hall–Kier alpha value is -1.94. The van der Waals surface area contributed by atoms with Crippen LogP contribution in [0.2, 0.25) is 5.02 Å². The van der Waals surface area contributed by atoms with Gasteiger partial charge in [0.05, 0.1) is 9.92 Å². The van der Waals surface area contributed by atoms with Crippen LogP contribution in [0.25, 0.3) is 10.8 Å². The largest absolute Gasteiger partial charge is 0.444 e. The highest BCUT2D eigenvalue weighted by Gasteiger charge is 2.33. The highest BCUT2D eigenvalue weighted by atomic mass is 35.5. The number of hydrogen-bond donors (Lipinski definition) is 2. The average Bonchev–Trinajstić information content (AvgIpc) is 3.16. The van der Waals surface area contributed by atoms with E-state index in [-0.39, 0.29) is 10.9 Å². The number of sulfonamides is 1. The Morgan fingerprint density at radius 3 is 2.81 bits per heavy atom. The number of carbonyl (C=O) groups excluding carboxylic acids is 1. The molecule has 1 amide bonds. The zero-order chi connectivity index (χ0) is 22.6. The van der Waals surface area contributed by atoms with E-state index in [2.05, 4.69) is 15.6 Å². The van der Waals surface area contributed by atoms with E-state index >= 15 is 0 Å². The first-order chi connectivity index (χ1) is 14.6.